The molecule has 0 radical (unpaired) electrons. The number of aryl methyl sites for hydroxylation is 1. The number of rotatable bonds is 3. The molecule has 1 aliphatic heterocycles. The Hall–Kier alpha value is -1.90. The molecule has 0 fully saturated rings. The van der Waals surface area contributed by atoms with Crippen LogP contribution in [0.15, 0.2) is 36.4 Å². The van der Waals surface area contributed by atoms with Crippen LogP contribution >= 0.6 is 0 Å². The monoisotopic (exact) mass is 273 g/mol. The second kappa shape index (κ2) is 5.23. The summed E-state index contributed by atoms with van der Waals surface area (Å²) in [5, 5.41) is 3.25. The summed E-state index contributed by atoms with van der Waals surface area (Å²) in [6.07, 6.45) is 0.0346. The normalized spacial score (nSPS) is 14.8. The van der Waals surface area contributed by atoms with Gasteiger partial charge in [0.15, 0.2) is 0 Å². The number of nitrogens with one attached hydrogen (secondary N) is 1. The molecule has 1 unspecified atom stereocenters. The van der Waals surface area contributed by atoms with E-state index in [1.54, 1.807) is 6.07 Å². The molecular weight excluding hydrogens is 256 g/mol. The van der Waals surface area contributed by atoms with Gasteiger partial charge in [-0.05, 0) is 42.2 Å². The lowest BCUT2D eigenvalue weighted by atomic mass is 9.96. The summed E-state index contributed by atoms with van der Waals surface area (Å²) in [7, 11) is 0. The fraction of sp³-hybridized carbons (Fsp3) is 0.294. The van der Waals surface area contributed by atoms with Crippen LogP contribution < -0.4 is 5.32 Å². The van der Waals surface area contributed by atoms with Crippen LogP contribution in [0.25, 0.3) is 0 Å². The molecule has 1 heterocycles. The number of fused-ring (bicyclic) bond motifs is 1. The lowest BCUT2D eigenvalue weighted by Gasteiger charge is -2.15. The highest BCUT2D eigenvalue weighted by Gasteiger charge is 2.21. The van der Waals surface area contributed by atoms with E-state index in [1.807, 2.05) is 25.1 Å². The third kappa shape index (κ3) is 2.40. The molecule has 0 saturated carbocycles. The van der Waals surface area contributed by atoms with Gasteiger partial charge in [-0.2, -0.15) is 0 Å². The maximum Gasteiger partial charge on any atom is 0.131 e. The molecule has 20 heavy (non-hydrogen) atoms. The molecule has 1 atom stereocenters. The molecule has 1 N–H and O–H groups in total. The fourth-order valence-electron chi connectivity index (χ4n) is 2.79. The van der Waals surface area contributed by atoms with Gasteiger partial charge in [-0.1, -0.05) is 24.3 Å². The minimum absolute atomic E-state index is 0.210. The van der Waals surface area contributed by atoms with Crippen molar-refractivity contribution in [1.29, 1.82) is 0 Å². The molecule has 1 nitrogen and oxygen atoms in total. The van der Waals surface area contributed by atoms with Crippen molar-refractivity contribution in [2.75, 3.05) is 11.9 Å². The molecule has 0 amide bonds. The summed E-state index contributed by atoms with van der Waals surface area (Å²) >= 11 is 0. The number of hydrogen-bond donors (Lipinski definition) is 1. The second-order valence-corrected chi connectivity index (χ2v) is 5.30. The smallest absolute Gasteiger partial charge is 0.131 e. The van der Waals surface area contributed by atoms with E-state index in [9.17, 15) is 8.78 Å². The summed E-state index contributed by atoms with van der Waals surface area (Å²) in [5.41, 5.74) is 4.43. The molecule has 0 saturated heterocycles. The minimum Gasteiger partial charge on any atom is -0.384 e. The topological polar surface area (TPSA) is 12.0 Å². The van der Waals surface area contributed by atoms with E-state index in [1.165, 1.54) is 17.7 Å². The van der Waals surface area contributed by atoms with Crippen LogP contribution in [0.2, 0.25) is 0 Å². The zero-order chi connectivity index (χ0) is 14.1. The Balaban J connectivity index is 1.88. The minimum atomic E-state index is -1.11. The highest BCUT2D eigenvalue weighted by molar-refractivity contribution is 5.62. The van der Waals surface area contributed by atoms with Crippen LogP contribution in [0.3, 0.4) is 0 Å². The van der Waals surface area contributed by atoms with Gasteiger partial charge >= 0.3 is 0 Å². The summed E-state index contributed by atoms with van der Waals surface area (Å²) in [6, 6.07) is 10.3. The van der Waals surface area contributed by atoms with Gasteiger partial charge < -0.3 is 5.32 Å². The van der Waals surface area contributed by atoms with Crippen molar-refractivity contribution >= 4 is 5.69 Å². The van der Waals surface area contributed by atoms with Gasteiger partial charge in [0.1, 0.15) is 12.0 Å². The number of halogens is 2. The van der Waals surface area contributed by atoms with Crippen LogP contribution in [-0.2, 0) is 12.8 Å². The molecule has 1 aliphatic rings. The first-order valence-electron chi connectivity index (χ1n) is 6.90. The molecule has 0 aromatic heterocycles. The molecule has 3 heteroatoms. The lowest BCUT2D eigenvalue weighted by Crippen LogP contribution is -2.03. The first-order valence-corrected chi connectivity index (χ1v) is 6.90. The third-order valence-electron chi connectivity index (χ3n) is 3.93. The van der Waals surface area contributed by atoms with Crippen molar-refractivity contribution < 1.29 is 8.78 Å². The van der Waals surface area contributed by atoms with Gasteiger partial charge in [0.25, 0.3) is 0 Å². The molecule has 2 aromatic rings. The quantitative estimate of drug-likeness (QED) is 0.876. The Morgan fingerprint density at radius 1 is 1.25 bits per heavy atom. The second-order valence-electron chi connectivity index (χ2n) is 5.30. The van der Waals surface area contributed by atoms with Gasteiger partial charge in [-0.25, -0.2) is 8.78 Å². The van der Waals surface area contributed by atoms with Crippen LogP contribution in [-0.4, -0.2) is 6.54 Å². The Morgan fingerprint density at radius 2 is 2.10 bits per heavy atom. The highest BCUT2D eigenvalue weighted by atomic mass is 19.1. The maximum atomic E-state index is 14.6. The van der Waals surface area contributed by atoms with Crippen molar-refractivity contribution in [2.24, 2.45) is 0 Å². The molecule has 2 aromatic carbocycles. The van der Waals surface area contributed by atoms with E-state index in [2.05, 4.69) is 5.32 Å². The average molecular weight is 273 g/mol. The van der Waals surface area contributed by atoms with Crippen LogP contribution in [0.1, 0.15) is 28.4 Å². The molecule has 0 spiro atoms. The van der Waals surface area contributed by atoms with Crippen LogP contribution in [0.4, 0.5) is 14.5 Å². The van der Waals surface area contributed by atoms with Gasteiger partial charge in [0.05, 0.1) is 0 Å². The van der Waals surface area contributed by atoms with Gasteiger partial charge in [0.2, 0.25) is 0 Å². The van der Waals surface area contributed by atoms with Gasteiger partial charge in [0, 0.05) is 24.2 Å². The third-order valence-corrected chi connectivity index (χ3v) is 3.93. The summed E-state index contributed by atoms with van der Waals surface area (Å²) in [4.78, 5) is 0. The predicted octanol–water partition coefficient (Wildman–Crippen LogP) is 4.36. The van der Waals surface area contributed by atoms with Gasteiger partial charge in [-0.3, -0.25) is 0 Å². The number of alkyl halides is 1. The van der Waals surface area contributed by atoms with Crippen molar-refractivity contribution in [3.63, 3.8) is 0 Å². The summed E-state index contributed by atoms with van der Waals surface area (Å²) in [5.74, 6) is -0.311. The average Bonchev–Trinajstić information content (AvgIpc) is 2.91. The Kier molecular flexibility index (Phi) is 3.43. The Bertz CT molecular complexity index is 637. The molecule has 0 bridgehead atoms. The summed E-state index contributed by atoms with van der Waals surface area (Å²) < 4.78 is 27.9. The Morgan fingerprint density at radius 3 is 2.95 bits per heavy atom. The predicted molar refractivity (Wildman–Crippen MR) is 77.3 cm³/mol. The maximum absolute atomic E-state index is 14.6. The first-order chi connectivity index (χ1) is 9.65. The fourth-order valence-corrected chi connectivity index (χ4v) is 2.79. The van der Waals surface area contributed by atoms with Crippen molar-refractivity contribution in [1.82, 2.24) is 0 Å². The number of benzene rings is 2. The van der Waals surface area contributed by atoms with Crippen molar-refractivity contribution in [3.05, 3.63) is 64.5 Å². The van der Waals surface area contributed by atoms with Crippen molar-refractivity contribution in [3.8, 4) is 0 Å². The van der Waals surface area contributed by atoms with E-state index in [0.29, 0.717) is 5.56 Å². The lowest BCUT2D eigenvalue weighted by molar-refractivity contribution is 0.342. The zero-order valence-corrected chi connectivity index (χ0v) is 11.4. The van der Waals surface area contributed by atoms with Crippen molar-refractivity contribution in [2.45, 2.75) is 25.9 Å². The van der Waals surface area contributed by atoms with Crippen LogP contribution in [0.5, 0.6) is 0 Å². The standard InChI is InChI=1S/C17H17F2N/c1-11-5-6-14(18)9-13(11)10-16(19)15-4-2-3-12-7-8-20-17(12)15/h2-6,9,16,20H,7-8,10H2,1H3. The molecular formula is C17H17F2N. The van der Waals surface area contributed by atoms with E-state index >= 15 is 0 Å². The SMILES string of the molecule is Cc1ccc(F)cc1CC(F)c1cccc2c1NCC2. The van der Waals surface area contributed by atoms with E-state index in [0.717, 1.165) is 29.8 Å². The first kappa shape index (κ1) is 13.1. The van der Waals surface area contributed by atoms with E-state index < -0.39 is 6.17 Å². The molecule has 3 rings (SSSR count). The molecule has 104 valence electrons. The summed E-state index contributed by atoms with van der Waals surface area (Å²) in [6.45, 7) is 2.74. The molecule has 0 aliphatic carbocycles. The number of anilines is 1. The van der Waals surface area contributed by atoms with Gasteiger partial charge in [-0.15, -0.1) is 0 Å². The highest BCUT2D eigenvalue weighted by Crippen LogP contribution is 2.34. The Labute approximate surface area is 117 Å². The number of hydrogen-bond acceptors (Lipinski definition) is 1. The van der Waals surface area contributed by atoms with E-state index in [-0.39, 0.29) is 12.2 Å². The largest absolute Gasteiger partial charge is 0.384 e. The zero-order valence-electron chi connectivity index (χ0n) is 11.4. The van der Waals surface area contributed by atoms with Crippen LogP contribution in [0, 0.1) is 12.7 Å². The van der Waals surface area contributed by atoms with E-state index in [4.69, 9.17) is 0 Å². The number of para-hydroxylation sites is 1.